The SMILES string of the molecule is CO[C@@H]1[C@H](N(C)C(=O)c2ccccc2)CC2O[C@]1(C)n1c3ccccc3c3c4c(c5c6ccccc6n2c5c31)C(=O)NC4=O. The highest BCUT2D eigenvalue weighted by atomic mass is 16.6. The predicted octanol–water partition coefficient (Wildman–Crippen LogP) is 5.55. The fourth-order valence-electron chi connectivity index (χ4n) is 8.25. The Balaban J connectivity index is 1.44. The van der Waals surface area contributed by atoms with Gasteiger partial charge in [0.2, 0.25) is 0 Å². The zero-order valence-electron chi connectivity index (χ0n) is 24.3. The number of nitrogens with zero attached hydrogens (tertiary/aromatic N) is 3. The third kappa shape index (κ3) is 2.93. The summed E-state index contributed by atoms with van der Waals surface area (Å²) in [6.07, 6.45) is -0.640. The van der Waals surface area contributed by atoms with E-state index in [4.69, 9.17) is 9.47 Å². The lowest BCUT2D eigenvalue weighted by Gasteiger charge is -2.50. The highest BCUT2D eigenvalue weighted by Gasteiger charge is 2.55. The average molecular weight is 585 g/mol. The molecule has 1 unspecified atom stereocenters. The highest BCUT2D eigenvalue weighted by molar-refractivity contribution is 6.39. The third-order valence-corrected chi connectivity index (χ3v) is 9.96. The van der Waals surface area contributed by atoms with Crippen molar-refractivity contribution in [2.24, 2.45) is 0 Å². The van der Waals surface area contributed by atoms with Crippen LogP contribution >= 0.6 is 0 Å². The number of hydrogen-bond donors (Lipinski definition) is 1. The minimum atomic E-state index is -1.10. The van der Waals surface area contributed by atoms with E-state index >= 15 is 0 Å². The Morgan fingerprint density at radius 1 is 0.886 bits per heavy atom. The summed E-state index contributed by atoms with van der Waals surface area (Å²) >= 11 is 0. The van der Waals surface area contributed by atoms with Crippen molar-refractivity contribution in [2.75, 3.05) is 14.2 Å². The van der Waals surface area contributed by atoms with Gasteiger partial charge in [0.1, 0.15) is 12.3 Å². The summed E-state index contributed by atoms with van der Waals surface area (Å²) in [6, 6.07) is 24.7. The number of fused-ring (bicyclic) bond motifs is 13. The molecule has 4 atom stereocenters. The molecule has 3 amide bonds. The van der Waals surface area contributed by atoms with Crippen molar-refractivity contribution in [2.45, 2.75) is 37.4 Å². The predicted molar refractivity (Wildman–Crippen MR) is 166 cm³/mol. The number of hydrogen-bond acceptors (Lipinski definition) is 5. The molecule has 4 aromatic carbocycles. The van der Waals surface area contributed by atoms with Crippen LogP contribution in [0.15, 0.2) is 78.9 Å². The van der Waals surface area contributed by atoms with E-state index < -0.39 is 29.9 Å². The Morgan fingerprint density at radius 3 is 2.16 bits per heavy atom. The first-order valence-corrected chi connectivity index (χ1v) is 14.8. The standard InChI is InChI=1S/C35H28N4O5/c1-35-31(43-3)23(37(2)34(42)18-11-5-4-6-12-18)17-24(44-35)38-21-15-9-7-13-19(21)25-27-28(33(41)36-32(27)40)26-20-14-8-10-16-22(20)39(35)30(26)29(25)38/h4-16,23-24,31H,17H2,1-3H3,(H,36,40,41)/t23-,24?,31-,35+/m1/s1. The van der Waals surface area contributed by atoms with Gasteiger partial charge in [-0.25, -0.2) is 0 Å². The van der Waals surface area contributed by atoms with E-state index in [0.29, 0.717) is 28.5 Å². The van der Waals surface area contributed by atoms with Gasteiger partial charge in [0.25, 0.3) is 17.7 Å². The van der Waals surface area contributed by atoms with Crippen LogP contribution < -0.4 is 5.32 Å². The maximum atomic E-state index is 13.9. The zero-order chi connectivity index (χ0) is 30.1. The number of methoxy groups -OCH3 is 1. The van der Waals surface area contributed by atoms with E-state index in [1.807, 2.05) is 92.8 Å². The third-order valence-electron chi connectivity index (χ3n) is 9.96. The van der Waals surface area contributed by atoms with Crippen LogP contribution in [0.3, 0.4) is 0 Å². The molecule has 1 fully saturated rings. The molecule has 1 N–H and O–H groups in total. The smallest absolute Gasteiger partial charge is 0.259 e. The Bertz CT molecular complexity index is 2270. The number of ether oxygens (including phenoxy) is 2. The number of aromatic nitrogens is 2. The molecule has 0 aliphatic carbocycles. The van der Waals surface area contributed by atoms with Crippen LogP contribution in [-0.2, 0) is 15.2 Å². The molecular weight excluding hydrogens is 556 g/mol. The summed E-state index contributed by atoms with van der Waals surface area (Å²) in [5, 5.41) is 5.74. The van der Waals surface area contributed by atoms with E-state index in [-0.39, 0.29) is 11.9 Å². The molecule has 44 heavy (non-hydrogen) atoms. The van der Waals surface area contributed by atoms with Gasteiger partial charge in [0.15, 0.2) is 5.72 Å². The second-order valence-corrected chi connectivity index (χ2v) is 12.1. The maximum Gasteiger partial charge on any atom is 0.259 e. The number of carbonyl (C=O) groups excluding carboxylic acids is 3. The number of amides is 3. The summed E-state index contributed by atoms with van der Waals surface area (Å²) < 4.78 is 17.8. The van der Waals surface area contributed by atoms with Crippen LogP contribution in [-0.4, -0.2) is 58.1 Å². The maximum absolute atomic E-state index is 13.9. The van der Waals surface area contributed by atoms with Crippen LogP contribution in [0.2, 0.25) is 0 Å². The molecule has 5 heterocycles. The van der Waals surface area contributed by atoms with E-state index in [1.54, 1.807) is 12.0 Å². The molecular formula is C35H28N4O5. The Labute approximate surface area is 251 Å². The minimum absolute atomic E-state index is 0.108. The monoisotopic (exact) mass is 584 g/mol. The molecule has 3 aliphatic rings. The van der Waals surface area contributed by atoms with Crippen molar-refractivity contribution in [3.8, 4) is 0 Å². The fraction of sp³-hybridized carbons (Fsp3) is 0.229. The normalized spacial score (nSPS) is 23.9. The van der Waals surface area contributed by atoms with Crippen molar-refractivity contribution in [1.29, 1.82) is 0 Å². The van der Waals surface area contributed by atoms with E-state index in [9.17, 15) is 14.4 Å². The molecule has 2 aromatic heterocycles. The zero-order valence-corrected chi connectivity index (χ0v) is 24.3. The molecule has 9 nitrogen and oxygen atoms in total. The highest BCUT2D eigenvalue weighted by Crippen LogP contribution is 2.54. The number of carbonyl (C=O) groups is 3. The van der Waals surface area contributed by atoms with E-state index in [0.717, 1.165) is 38.2 Å². The summed E-state index contributed by atoms with van der Waals surface area (Å²) in [6.45, 7) is 2.01. The molecule has 1 saturated heterocycles. The van der Waals surface area contributed by atoms with Gasteiger partial charge in [-0.2, -0.15) is 0 Å². The number of likely N-dealkylation sites (N-methyl/N-ethyl adjacent to an activating group) is 1. The van der Waals surface area contributed by atoms with Crippen LogP contribution in [0.5, 0.6) is 0 Å². The molecule has 2 bridgehead atoms. The van der Waals surface area contributed by atoms with Crippen LogP contribution in [0.1, 0.15) is 50.6 Å². The number of para-hydroxylation sites is 2. The van der Waals surface area contributed by atoms with Crippen molar-refractivity contribution in [3.05, 3.63) is 95.6 Å². The Morgan fingerprint density at radius 2 is 1.48 bits per heavy atom. The number of imide groups is 1. The van der Waals surface area contributed by atoms with Crippen molar-refractivity contribution < 1.29 is 23.9 Å². The van der Waals surface area contributed by atoms with Gasteiger partial charge in [0.05, 0.1) is 39.2 Å². The molecule has 218 valence electrons. The Hall–Kier alpha value is -4.99. The van der Waals surface area contributed by atoms with E-state index in [1.165, 1.54) is 0 Å². The first-order valence-electron chi connectivity index (χ1n) is 14.8. The molecule has 0 spiro atoms. The summed E-state index contributed by atoms with van der Waals surface area (Å²) in [7, 11) is 3.48. The van der Waals surface area contributed by atoms with Crippen molar-refractivity contribution >= 4 is 61.3 Å². The molecule has 9 heteroatoms. The molecule has 9 rings (SSSR count). The summed E-state index contributed by atoms with van der Waals surface area (Å²) in [5.41, 5.74) is 3.66. The summed E-state index contributed by atoms with van der Waals surface area (Å²) in [5.74, 6) is -0.908. The van der Waals surface area contributed by atoms with Crippen LogP contribution in [0, 0.1) is 0 Å². The largest absolute Gasteiger partial charge is 0.374 e. The van der Waals surface area contributed by atoms with Crippen LogP contribution in [0.4, 0.5) is 0 Å². The lowest BCUT2D eigenvalue weighted by Crippen LogP contribution is -2.61. The number of benzene rings is 4. The van der Waals surface area contributed by atoms with Crippen molar-refractivity contribution in [1.82, 2.24) is 19.4 Å². The summed E-state index contributed by atoms with van der Waals surface area (Å²) in [4.78, 5) is 42.7. The number of nitrogens with one attached hydrogen (secondary N) is 1. The first-order chi connectivity index (χ1) is 21.3. The first kappa shape index (κ1) is 25.5. The molecule has 0 radical (unpaired) electrons. The fourth-order valence-corrected chi connectivity index (χ4v) is 8.25. The molecule has 6 aromatic rings. The van der Waals surface area contributed by atoms with Gasteiger partial charge in [-0.1, -0.05) is 54.6 Å². The van der Waals surface area contributed by atoms with Gasteiger partial charge in [0, 0.05) is 47.7 Å². The van der Waals surface area contributed by atoms with Gasteiger partial charge in [-0.05, 0) is 31.2 Å². The minimum Gasteiger partial charge on any atom is -0.374 e. The average Bonchev–Trinajstić information content (AvgIpc) is 3.65. The van der Waals surface area contributed by atoms with E-state index in [2.05, 4.69) is 14.5 Å². The van der Waals surface area contributed by atoms with Gasteiger partial charge >= 0.3 is 0 Å². The van der Waals surface area contributed by atoms with Crippen LogP contribution in [0.25, 0.3) is 43.6 Å². The molecule has 3 aliphatic heterocycles. The second kappa shape index (κ2) is 8.56. The topological polar surface area (TPSA) is 94.8 Å². The second-order valence-electron chi connectivity index (χ2n) is 12.1. The Kier molecular flexibility index (Phi) is 4.96. The lowest BCUT2D eigenvalue weighted by molar-refractivity contribution is -0.264. The number of rotatable bonds is 3. The van der Waals surface area contributed by atoms with Gasteiger partial charge in [-0.15, -0.1) is 0 Å². The quantitative estimate of drug-likeness (QED) is 0.276. The van der Waals surface area contributed by atoms with Gasteiger partial charge < -0.3 is 23.5 Å². The molecule has 0 saturated carbocycles. The lowest BCUT2D eigenvalue weighted by atomic mass is 9.91. The van der Waals surface area contributed by atoms with Gasteiger partial charge in [-0.3, -0.25) is 19.7 Å². The van der Waals surface area contributed by atoms with Crippen molar-refractivity contribution in [3.63, 3.8) is 0 Å².